The number of rotatable bonds is 3. The summed E-state index contributed by atoms with van der Waals surface area (Å²) in [5.41, 5.74) is 0.801. The number of amides is 1. The van der Waals surface area contributed by atoms with Gasteiger partial charge in [-0.1, -0.05) is 42.5 Å². The van der Waals surface area contributed by atoms with E-state index in [1.54, 1.807) is 19.2 Å². The monoisotopic (exact) mass is 359 g/mol. The second-order valence-corrected chi connectivity index (χ2v) is 6.55. The average Bonchev–Trinajstić information content (AvgIpc) is 2.62. The lowest BCUT2D eigenvalue weighted by molar-refractivity contribution is -0.156. The van der Waals surface area contributed by atoms with E-state index in [2.05, 4.69) is 0 Å². The summed E-state index contributed by atoms with van der Waals surface area (Å²) in [6, 6.07) is 8.86. The highest BCUT2D eigenvalue weighted by atomic mass is 16.5. The Kier molecular flexibility index (Phi) is 6.95. The smallest absolute Gasteiger partial charge is 0.306 e. The van der Waals surface area contributed by atoms with Crippen LogP contribution in [0.5, 0.6) is 0 Å². The molecule has 1 amide bonds. The Morgan fingerprint density at radius 1 is 1.23 bits per heavy atom. The SMILES string of the molecule is C[C@@H]1[C@@H](c2ccccc2)OC(=O)CCC=CC[C@@H](CC(=O)O)C(=O)N1C. The van der Waals surface area contributed by atoms with Gasteiger partial charge in [-0.2, -0.15) is 0 Å². The van der Waals surface area contributed by atoms with Crippen molar-refractivity contribution < 1.29 is 24.2 Å². The van der Waals surface area contributed by atoms with Crippen LogP contribution in [0.1, 0.15) is 44.3 Å². The summed E-state index contributed by atoms with van der Waals surface area (Å²) in [6.45, 7) is 1.81. The summed E-state index contributed by atoms with van der Waals surface area (Å²) >= 11 is 0. The molecule has 1 heterocycles. The van der Waals surface area contributed by atoms with Crippen molar-refractivity contribution in [3.8, 4) is 0 Å². The minimum Gasteiger partial charge on any atom is -0.481 e. The number of nitrogens with zero attached hydrogens (tertiary/aromatic N) is 1. The Balaban J connectivity index is 2.34. The number of benzene rings is 1. The highest BCUT2D eigenvalue weighted by Gasteiger charge is 2.32. The lowest BCUT2D eigenvalue weighted by Crippen LogP contribution is -2.43. The molecule has 0 aromatic heterocycles. The van der Waals surface area contributed by atoms with Gasteiger partial charge >= 0.3 is 11.9 Å². The molecule has 0 unspecified atom stereocenters. The van der Waals surface area contributed by atoms with Gasteiger partial charge in [0.25, 0.3) is 0 Å². The molecule has 1 aromatic carbocycles. The van der Waals surface area contributed by atoms with E-state index in [1.807, 2.05) is 37.3 Å². The quantitative estimate of drug-likeness (QED) is 0.663. The zero-order valence-corrected chi connectivity index (χ0v) is 15.1. The van der Waals surface area contributed by atoms with Crippen LogP contribution in [0.3, 0.4) is 0 Å². The van der Waals surface area contributed by atoms with Crippen LogP contribution < -0.4 is 0 Å². The molecule has 0 spiro atoms. The molecule has 3 atom stereocenters. The number of carbonyl (C=O) groups is 3. The molecule has 0 saturated carbocycles. The molecule has 0 bridgehead atoms. The highest BCUT2D eigenvalue weighted by molar-refractivity contribution is 5.83. The van der Waals surface area contributed by atoms with Gasteiger partial charge in [0.1, 0.15) is 6.10 Å². The number of aliphatic carboxylic acids is 1. The first kappa shape index (κ1) is 19.7. The molecule has 0 saturated heterocycles. The summed E-state index contributed by atoms with van der Waals surface area (Å²) in [5.74, 6) is -2.22. The first-order chi connectivity index (χ1) is 12.4. The number of esters is 1. The van der Waals surface area contributed by atoms with Gasteiger partial charge in [0.15, 0.2) is 0 Å². The van der Waals surface area contributed by atoms with E-state index in [4.69, 9.17) is 9.84 Å². The highest BCUT2D eigenvalue weighted by Crippen LogP contribution is 2.27. The molecule has 1 aliphatic heterocycles. The molecule has 0 radical (unpaired) electrons. The second kappa shape index (κ2) is 9.17. The normalized spacial score (nSPS) is 25.2. The van der Waals surface area contributed by atoms with Crippen molar-refractivity contribution in [2.75, 3.05) is 7.05 Å². The van der Waals surface area contributed by atoms with Gasteiger partial charge in [-0.3, -0.25) is 14.4 Å². The average molecular weight is 359 g/mol. The summed E-state index contributed by atoms with van der Waals surface area (Å²) in [5, 5.41) is 9.12. The van der Waals surface area contributed by atoms with E-state index >= 15 is 0 Å². The van der Waals surface area contributed by atoms with E-state index in [-0.39, 0.29) is 24.7 Å². The molecule has 1 aromatic rings. The largest absolute Gasteiger partial charge is 0.481 e. The van der Waals surface area contributed by atoms with Gasteiger partial charge in [0.2, 0.25) is 5.91 Å². The molecular formula is C20H25NO5. The lowest BCUT2D eigenvalue weighted by Gasteiger charge is -2.34. The van der Waals surface area contributed by atoms with Crippen molar-refractivity contribution in [1.29, 1.82) is 0 Å². The fourth-order valence-corrected chi connectivity index (χ4v) is 3.04. The van der Waals surface area contributed by atoms with E-state index < -0.39 is 24.0 Å². The lowest BCUT2D eigenvalue weighted by atomic mass is 9.96. The topological polar surface area (TPSA) is 83.9 Å². The first-order valence-electron chi connectivity index (χ1n) is 8.78. The number of cyclic esters (lactones) is 1. The molecule has 6 nitrogen and oxygen atoms in total. The molecule has 1 aliphatic rings. The Hall–Kier alpha value is -2.63. The van der Waals surface area contributed by atoms with Crippen molar-refractivity contribution >= 4 is 17.8 Å². The van der Waals surface area contributed by atoms with Crippen molar-refractivity contribution in [2.24, 2.45) is 5.92 Å². The van der Waals surface area contributed by atoms with Crippen molar-refractivity contribution in [2.45, 2.75) is 44.8 Å². The minimum atomic E-state index is -1.00. The van der Waals surface area contributed by atoms with Crippen LogP contribution in [0.4, 0.5) is 0 Å². The summed E-state index contributed by atoms with van der Waals surface area (Å²) in [4.78, 5) is 37.7. The van der Waals surface area contributed by atoms with Crippen LogP contribution in [0.2, 0.25) is 0 Å². The maximum atomic E-state index is 12.9. The van der Waals surface area contributed by atoms with Crippen LogP contribution in [0, 0.1) is 5.92 Å². The number of hydrogen-bond acceptors (Lipinski definition) is 4. The number of carboxylic acid groups (broad SMARTS) is 1. The Morgan fingerprint density at radius 2 is 1.92 bits per heavy atom. The fourth-order valence-electron chi connectivity index (χ4n) is 3.04. The van der Waals surface area contributed by atoms with E-state index in [0.29, 0.717) is 12.8 Å². The third-order valence-electron chi connectivity index (χ3n) is 4.66. The second-order valence-electron chi connectivity index (χ2n) is 6.55. The summed E-state index contributed by atoms with van der Waals surface area (Å²) in [7, 11) is 1.63. The van der Waals surface area contributed by atoms with Gasteiger partial charge in [-0.05, 0) is 25.3 Å². The number of ether oxygens (including phenoxy) is 1. The van der Waals surface area contributed by atoms with Crippen LogP contribution in [-0.4, -0.2) is 40.9 Å². The molecule has 0 aliphatic carbocycles. The van der Waals surface area contributed by atoms with Crippen LogP contribution in [0.15, 0.2) is 42.5 Å². The van der Waals surface area contributed by atoms with Crippen molar-refractivity contribution in [3.05, 3.63) is 48.0 Å². The number of hydrogen-bond donors (Lipinski definition) is 1. The third kappa shape index (κ3) is 5.18. The van der Waals surface area contributed by atoms with Gasteiger partial charge < -0.3 is 14.7 Å². The molecule has 26 heavy (non-hydrogen) atoms. The van der Waals surface area contributed by atoms with Crippen LogP contribution >= 0.6 is 0 Å². The van der Waals surface area contributed by atoms with Gasteiger partial charge in [-0.15, -0.1) is 0 Å². The fraction of sp³-hybridized carbons (Fsp3) is 0.450. The van der Waals surface area contributed by atoms with Crippen molar-refractivity contribution in [1.82, 2.24) is 4.90 Å². The minimum absolute atomic E-state index is 0.226. The molecule has 140 valence electrons. The number of allylic oxidation sites excluding steroid dienone is 2. The predicted octanol–water partition coefficient (Wildman–Crippen LogP) is 2.95. The zero-order valence-electron chi connectivity index (χ0n) is 15.1. The Morgan fingerprint density at radius 3 is 2.58 bits per heavy atom. The number of carbonyl (C=O) groups excluding carboxylic acids is 2. The van der Waals surface area contributed by atoms with Crippen LogP contribution in [0.25, 0.3) is 0 Å². The Bertz CT molecular complexity index is 670. The zero-order chi connectivity index (χ0) is 19.1. The van der Waals surface area contributed by atoms with E-state index in [0.717, 1.165) is 5.56 Å². The standard InChI is InChI=1S/C20H25NO5/c1-14-19(15-9-5-3-6-10-15)26-18(24)12-8-4-7-11-16(13-17(22)23)20(25)21(14)2/h3-7,9-10,14,16,19H,8,11-13H2,1-2H3,(H,22,23)/t14-,16+,19+/m1/s1. The molecule has 2 rings (SSSR count). The molecule has 0 fully saturated rings. The van der Waals surface area contributed by atoms with Crippen LogP contribution in [-0.2, 0) is 19.1 Å². The summed E-state index contributed by atoms with van der Waals surface area (Å²) in [6.07, 6.45) is 3.82. The molecule has 6 heteroatoms. The van der Waals surface area contributed by atoms with Gasteiger partial charge in [-0.25, -0.2) is 0 Å². The van der Waals surface area contributed by atoms with Gasteiger partial charge in [0.05, 0.1) is 18.4 Å². The maximum absolute atomic E-state index is 12.9. The van der Waals surface area contributed by atoms with Crippen molar-refractivity contribution in [3.63, 3.8) is 0 Å². The predicted molar refractivity (Wildman–Crippen MR) is 96.2 cm³/mol. The van der Waals surface area contributed by atoms with Gasteiger partial charge in [0, 0.05) is 13.5 Å². The first-order valence-corrected chi connectivity index (χ1v) is 8.78. The number of carboxylic acids is 1. The summed E-state index contributed by atoms with van der Waals surface area (Å²) < 4.78 is 5.67. The molecule has 1 N–H and O–H groups in total. The molecular weight excluding hydrogens is 334 g/mol. The maximum Gasteiger partial charge on any atom is 0.306 e. The Labute approximate surface area is 153 Å². The van der Waals surface area contributed by atoms with E-state index in [1.165, 1.54) is 4.90 Å². The van der Waals surface area contributed by atoms with E-state index in [9.17, 15) is 14.4 Å². The third-order valence-corrected chi connectivity index (χ3v) is 4.66. The number of likely N-dealkylation sites (N-methyl/N-ethyl adjacent to an activating group) is 1.